The summed E-state index contributed by atoms with van der Waals surface area (Å²) in [7, 11) is 0. The van der Waals surface area contributed by atoms with Gasteiger partial charge >= 0.3 is 0 Å². The summed E-state index contributed by atoms with van der Waals surface area (Å²) in [5, 5.41) is -0.158. The molecule has 0 bridgehead atoms. The summed E-state index contributed by atoms with van der Waals surface area (Å²) in [4.78, 5) is 9.18. The van der Waals surface area contributed by atoms with Crippen LogP contribution in [0.15, 0.2) is 41.0 Å². The van der Waals surface area contributed by atoms with E-state index in [0.29, 0.717) is 6.54 Å². The van der Waals surface area contributed by atoms with Crippen LogP contribution < -0.4 is 0 Å². The van der Waals surface area contributed by atoms with Gasteiger partial charge in [-0.2, -0.15) is 0 Å². The number of imidazole rings is 1. The smallest absolute Gasteiger partial charge is 0.160 e. The minimum absolute atomic E-state index is 0.158. The molecule has 1 unspecified atom stereocenters. The second kappa shape index (κ2) is 5.78. The molecule has 2 heterocycles. The normalized spacial score (nSPS) is 12.8. The molecule has 0 amide bonds. The third-order valence-electron chi connectivity index (χ3n) is 3.47. The Morgan fingerprint density at radius 1 is 1.24 bits per heavy atom. The summed E-state index contributed by atoms with van der Waals surface area (Å²) in [6.07, 6.45) is 1.82. The molecule has 2 aromatic heterocycles. The van der Waals surface area contributed by atoms with Crippen LogP contribution in [0.25, 0.3) is 11.2 Å². The van der Waals surface area contributed by atoms with Crippen LogP contribution in [0.2, 0.25) is 0 Å². The molecule has 0 radical (unpaired) electrons. The van der Waals surface area contributed by atoms with E-state index in [-0.39, 0.29) is 5.38 Å². The van der Waals surface area contributed by atoms with E-state index < -0.39 is 0 Å². The van der Waals surface area contributed by atoms with Crippen molar-refractivity contribution in [2.45, 2.75) is 25.8 Å². The van der Waals surface area contributed by atoms with Gasteiger partial charge in [0.25, 0.3) is 0 Å². The Morgan fingerprint density at radius 3 is 2.62 bits per heavy atom. The highest BCUT2D eigenvalue weighted by atomic mass is 79.9. The summed E-state index contributed by atoms with van der Waals surface area (Å²) in [6.45, 7) is 4.70. The van der Waals surface area contributed by atoms with Gasteiger partial charge in [-0.25, -0.2) is 9.97 Å². The van der Waals surface area contributed by atoms with Crippen molar-refractivity contribution in [3.63, 3.8) is 0 Å². The van der Waals surface area contributed by atoms with Gasteiger partial charge in [0, 0.05) is 10.7 Å². The lowest BCUT2D eigenvalue weighted by molar-refractivity contribution is 0.736. The number of aryl methyl sites for hydroxylation is 1. The topological polar surface area (TPSA) is 30.7 Å². The Morgan fingerprint density at radius 2 is 1.95 bits per heavy atom. The third-order valence-corrected chi connectivity index (χ3v) is 4.20. The average molecular weight is 365 g/mol. The number of halogens is 2. The zero-order valence-electron chi connectivity index (χ0n) is 11.8. The molecule has 0 aliphatic carbocycles. The Balaban J connectivity index is 2.13. The quantitative estimate of drug-likeness (QED) is 0.622. The summed E-state index contributed by atoms with van der Waals surface area (Å²) < 4.78 is 3.17. The van der Waals surface area contributed by atoms with E-state index >= 15 is 0 Å². The van der Waals surface area contributed by atoms with Gasteiger partial charge in [-0.1, -0.05) is 28.1 Å². The van der Waals surface area contributed by atoms with Crippen LogP contribution in [0, 0.1) is 6.92 Å². The zero-order chi connectivity index (χ0) is 15.0. The molecule has 0 fully saturated rings. The summed E-state index contributed by atoms with van der Waals surface area (Å²) in [5.41, 5.74) is 4.13. The van der Waals surface area contributed by atoms with Crippen LogP contribution in [0.3, 0.4) is 0 Å². The number of alkyl halides is 1. The van der Waals surface area contributed by atoms with Crippen molar-refractivity contribution in [3.05, 3.63) is 58.0 Å². The van der Waals surface area contributed by atoms with Crippen LogP contribution in [0.4, 0.5) is 0 Å². The first-order valence-electron chi connectivity index (χ1n) is 6.76. The van der Waals surface area contributed by atoms with Crippen LogP contribution in [-0.4, -0.2) is 14.5 Å². The molecule has 1 aromatic carbocycles. The maximum absolute atomic E-state index is 6.30. The molecule has 3 nitrogen and oxygen atoms in total. The number of rotatable bonds is 3. The molecule has 3 aromatic rings. The summed E-state index contributed by atoms with van der Waals surface area (Å²) in [5.74, 6) is 0.858. The Kier molecular flexibility index (Phi) is 4.00. The minimum Gasteiger partial charge on any atom is -0.307 e. The van der Waals surface area contributed by atoms with Gasteiger partial charge in [-0.05, 0) is 43.2 Å². The Bertz CT molecular complexity index is 778. The third kappa shape index (κ3) is 2.83. The number of aromatic nitrogens is 3. The lowest BCUT2D eigenvalue weighted by atomic mass is 10.2. The van der Waals surface area contributed by atoms with Crippen molar-refractivity contribution >= 4 is 38.7 Å². The fraction of sp³-hybridized carbons (Fsp3) is 0.250. The van der Waals surface area contributed by atoms with E-state index in [4.69, 9.17) is 11.6 Å². The van der Waals surface area contributed by atoms with Crippen molar-refractivity contribution in [1.29, 1.82) is 0 Å². The molecule has 0 aliphatic rings. The number of benzene rings is 1. The van der Waals surface area contributed by atoms with Crippen molar-refractivity contribution in [1.82, 2.24) is 14.5 Å². The second-order valence-corrected chi connectivity index (χ2v) is 6.67. The van der Waals surface area contributed by atoms with E-state index in [9.17, 15) is 0 Å². The molecule has 5 heteroatoms. The lowest BCUT2D eigenvalue weighted by Gasteiger charge is -2.10. The molecular weight excluding hydrogens is 350 g/mol. The number of hydrogen-bond acceptors (Lipinski definition) is 2. The first-order valence-corrected chi connectivity index (χ1v) is 7.99. The molecule has 0 aliphatic heterocycles. The number of fused-ring (bicyclic) bond motifs is 1. The first-order chi connectivity index (χ1) is 10.1. The van der Waals surface area contributed by atoms with E-state index in [2.05, 4.69) is 42.6 Å². The van der Waals surface area contributed by atoms with E-state index in [1.54, 1.807) is 0 Å². The van der Waals surface area contributed by atoms with Gasteiger partial charge in [0.05, 0.1) is 11.9 Å². The van der Waals surface area contributed by atoms with Crippen molar-refractivity contribution in [3.8, 4) is 0 Å². The zero-order valence-corrected chi connectivity index (χ0v) is 14.2. The van der Waals surface area contributed by atoms with Gasteiger partial charge in [0.15, 0.2) is 5.65 Å². The highest BCUT2D eigenvalue weighted by Crippen LogP contribution is 2.26. The van der Waals surface area contributed by atoms with Gasteiger partial charge in [0.1, 0.15) is 11.3 Å². The fourth-order valence-corrected chi connectivity index (χ4v) is 2.82. The summed E-state index contributed by atoms with van der Waals surface area (Å²) >= 11 is 9.76. The van der Waals surface area contributed by atoms with Crippen molar-refractivity contribution in [2.75, 3.05) is 0 Å². The molecule has 0 saturated heterocycles. The van der Waals surface area contributed by atoms with Crippen LogP contribution in [-0.2, 0) is 6.54 Å². The molecule has 0 N–H and O–H groups in total. The van der Waals surface area contributed by atoms with E-state index in [0.717, 1.165) is 27.0 Å². The fourth-order valence-electron chi connectivity index (χ4n) is 2.39. The molecule has 108 valence electrons. The van der Waals surface area contributed by atoms with Gasteiger partial charge in [0.2, 0.25) is 0 Å². The Labute approximate surface area is 137 Å². The maximum atomic E-state index is 6.30. The SMILES string of the molecule is Cc1ccnc2c1nc(C(C)Cl)n2Cc1ccc(Br)cc1. The molecule has 0 spiro atoms. The number of pyridine rings is 1. The van der Waals surface area contributed by atoms with Crippen molar-refractivity contribution in [2.24, 2.45) is 0 Å². The maximum Gasteiger partial charge on any atom is 0.160 e. The Hall–Kier alpha value is -1.39. The molecular formula is C16H15BrClN3. The standard InChI is InChI=1S/C16H15BrClN3/c1-10-7-8-19-16-14(10)20-15(11(2)18)21(16)9-12-3-5-13(17)6-4-12/h3-8,11H,9H2,1-2H3. The van der Waals surface area contributed by atoms with Crippen LogP contribution in [0.1, 0.15) is 29.3 Å². The number of nitrogens with zero attached hydrogens (tertiary/aromatic N) is 3. The lowest BCUT2D eigenvalue weighted by Crippen LogP contribution is -2.06. The van der Waals surface area contributed by atoms with Gasteiger partial charge in [-0.15, -0.1) is 11.6 Å². The van der Waals surface area contributed by atoms with E-state index in [1.165, 1.54) is 5.56 Å². The highest BCUT2D eigenvalue weighted by Gasteiger charge is 2.17. The van der Waals surface area contributed by atoms with Gasteiger partial charge in [-0.3, -0.25) is 0 Å². The number of hydrogen-bond donors (Lipinski definition) is 0. The predicted octanol–water partition coefficient (Wildman–Crippen LogP) is 4.85. The largest absolute Gasteiger partial charge is 0.307 e. The van der Waals surface area contributed by atoms with Crippen LogP contribution in [0.5, 0.6) is 0 Å². The van der Waals surface area contributed by atoms with Crippen LogP contribution >= 0.6 is 27.5 Å². The highest BCUT2D eigenvalue weighted by molar-refractivity contribution is 9.10. The summed E-state index contributed by atoms with van der Waals surface area (Å²) in [6, 6.07) is 10.2. The minimum atomic E-state index is -0.158. The first kappa shape index (κ1) is 14.5. The average Bonchev–Trinajstić information content (AvgIpc) is 2.82. The van der Waals surface area contributed by atoms with E-state index in [1.807, 2.05) is 38.2 Å². The predicted molar refractivity (Wildman–Crippen MR) is 89.8 cm³/mol. The molecule has 1 atom stereocenters. The van der Waals surface area contributed by atoms with Gasteiger partial charge < -0.3 is 4.57 Å². The molecule has 3 rings (SSSR count). The van der Waals surface area contributed by atoms with Crippen molar-refractivity contribution < 1.29 is 0 Å². The second-order valence-electron chi connectivity index (χ2n) is 5.10. The molecule has 0 saturated carbocycles. The molecule has 21 heavy (non-hydrogen) atoms. The monoisotopic (exact) mass is 363 g/mol.